The van der Waals surface area contributed by atoms with Gasteiger partial charge in [-0.25, -0.2) is 4.39 Å². The zero-order chi connectivity index (χ0) is 18.4. The Morgan fingerprint density at radius 3 is 2.42 bits per heavy atom. The van der Waals surface area contributed by atoms with Crippen LogP contribution in [-0.2, 0) is 11.2 Å². The molecule has 0 aliphatic heterocycles. The summed E-state index contributed by atoms with van der Waals surface area (Å²) in [5.41, 5.74) is 2.99. The molecule has 0 spiro atoms. The Hall–Kier alpha value is -2.50. The van der Waals surface area contributed by atoms with Crippen molar-refractivity contribution in [3.8, 4) is 0 Å². The number of nitrogens with one attached hydrogen (secondary N) is 2. The molecule has 2 N–H and O–H groups in total. The van der Waals surface area contributed by atoms with Crippen molar-refractivity contribution in [1.29, 1.82) is 0 Å². The van der Waals surface area contributed by atoms with Crippen molar-refractivity contribution in [1.82, 2.24) is 5.32 Å². The molecule has 0 aliphatic carbocycles. The molecule has 3 rings (SSSR count). The second-order valence-corrected chi connectivity index (χ2v) is 6.96. The van der Waals surface area contributed by atoms with Crippen LogP contribution >= 0.6 is 11.3 Å². The summed E-state index contributed by atoms with van der Waals surface area (Å²) in [7, 11) is 0. The fourth-order valence-corrected chi connectivity index (χ4v) is 3.54. The maximum atomic E-state index is 13.0. The average Bonchev–Trinajstić information content (AvgIpc) is 3.19. The van der Waals surface area contributed by atoms with E-state index >= 15 is 0 Å². The molecule has 0 fully saturated rings. The second-order valence-electron chi connectivity index (χ2n) is 5.98. The Labute approximate surface area is 156 Å². The largest absolute Gasteiger partial charge is 0.325 e. The molecule has 0 saturated heterocycles. The number of thiophene rings is 1. The minimum atomic E-state index is -0.325. The first-order chi connectivity index (χ1) is 12.7. The van der Waals surface area contributed by atoms with Gasteiger partial charge in [0.2, 0.25) is 5.91 Å². The normalized spacial score (nSPS) is 11.9. The number of anilines is 1. The lowest BCUT2D eigenvalue weighted by Crippen LogP contribution is -2.31. The third-order valence-corrected chi connectivity index (χ3v) is 5.08. The van der Waals surface area contributed by atoms with Crippen molar-refractivity contribution in [3.63, 3.8) is 0 Å². The zero-order valence-electron chi connectivity index (χ0n) is 14.5. The molecule has 5 heteroatoms. The SMILES string of the molecule is CCc1ccc([C@H](NCC(=O)Nc2ccc(F)cc2)c2cccs2)cc1. The van der Waals surface area contributed by atoms with E-state index in [0.717, 1.165) is 16.9 Å². The minimum absolute atomic E-state index is 0.0418. The molecule has 1 heterocycles. The van der Waals surface area contributed by atoms with Crippen molar-refractivity contribution in [2.45, 2.75) is 19.4 Å². The first-order valence-electron chi connectivity index (χ1n) is 8.56. The van der Waals surface area contributed by atoms with Crippen molar-refractivity contribution in [2.24, 2.45) is 0 Å². The molecule has 0 bridgehead atoms. The van der Waals surface area contributed by atoms with Crippen LogP contribution in [0.4, 0.5) is 10.1 Å². The van der Waals surface area contributed by atoms with E-state index in [1.165, 1.54) is 17.7 Å². The highest BCUT2D eigenvalue weighted by Gasteiger charge is 2.16. The molecule has 0 aliphatic rings. The second kappa shape index (κ2) is 8.74. The molecular formula is C21H21FN2OS. The molecule has 134 valence electrons. The summed E-state index contributed by atoms with van der Waals surface area (Å²) < 4.78 is 13.0. The predicted octanol–water partition coefficient (Wildman–Crippen LogP) is 4.77. The molecule has 3 aromatic rings. The zero-order valence-corrected chi connectivity index (χ0v) is 15.4. The Bertz CT molecular complexity index is 829. The molecule has 1 aromatic heterocycles. The van der Waals surface area contributed by atoms with E-state index in [1.807, 2.05) is 11.4 Å². The van der Waals surface area contributed by atoms with E-state index in [1.54, 1.807) is 23.5 Å². The molecule has 1 atom stereocenters. The smallest absolute Gasteiger partial charge is 0.238 e. The molecule has 26 heavy (non-hydrogen) atoms. The Balaban J connectivity index is 1.67. The standard InChI is InChI=1S/C21H21FN2OS/c1-2-15-5-7-16(8-6-15)21(19-4-3-13-26-19)23-14-20(25)24-18-11-9-17(22)10-12-18/h3-13,21,23H,2,14H2,1H3,(H,24,25)/t21-/m0/s1. The highest BCUT2D eigenvalue weighted by atomic mass is 32.1. The number of carbonyl (C=O) groups excluding carboxylic acids is 1. The molecular weight excluding hydrogens is 347 g/mol. The number of hydrogen-bond acceptors (Lipinski definition) is 3. The van der Waals surface area contributed by atoms with Gasteiger partial charge >= 0.3 is 0 Å². The van der Waals surface area contributed by atoms with Gasteiger partial charge in [-0.3, -0.25) is 10.1 Å². The molecule has 0 saturated carbocycles. The van der Waals surface area contributed by atoms with Gasteiger partial charge in [0.25, 0.3) is 0 Å². The van der Waals surface area contributed by atoms with E-state index in [9.17, 15) is 9.18 Å². The molecule has 1 amide bonds. The van der Waals surface area contributed by atoms with Crippen molar-refractivity contribution in [3.05, 3.63) is 87.9 Å². The fourth-order valence-electron chi connectivity index (χ4n) is 2.72. The quantitative estimate of drug-likeness (QED) is 0.631. The third kappa shape index (κ3) is 4.77. The van der Waals surface area contributed by atoms with Gasteiger partial charge in [-0.05, 0) is 53.3 Å². The van der Waals surface area contributed by atoms with Gasteiger partial charge in [-0.2, -0.15) is 0 Å². The van der Waals surface area contributed by atoms with Gasteiger partial charge in [0.15, 0.2) is 0 Å². The highest BCUT2D eigenvalue weighted by Crippen LogP contribution is 2.26. The van der Waals surface area contributed by atoms with Crippen LogP contribution in [0.15, 0.2) is 66.0 Å². The summed E-state index contributed by atoms with van der Waals surface area (Å²) in [4.78, 5) is 13.4. The van der Waals surface area contributed by atoms with Crippen LogP contribution in [0.5, 0.6) is 0 Å². The number of rotatable bonds is 7. The van der Waals surface area contributed by atoms with Crippen molar-refractivity contribution < 1.29 is 9.18 Å². The Morgan fingerprint density at radius 2 is 1.81 bits per heavy atom. The molecule has 3 nitrogen and oxygen atoms in total. The van der Waals surface area contributed by atoms with Gasteiger partial charge in [-0.1, -0.05) is 37.3 Å². The molecule has 0 radical (unpaired) electrons. The van der Waals surface area contributed by atoms with Gasteiger partial charge in [0.1, 0.15) is 5.82 Å². The topological polar surface area (TPSA) is 41.1 Å². The average molecular weight is 368 g/mol. The Kier molecular flexibility index (Phi) is 6.15. The van der Waals surface area contributed by atoms with Crippen molar-refractivity contribution >= 4 is 22.9 Å². The van der Waals surface area contributed by atoms with E-state index in [2.05, 4.69) is 47.9 Å². The van der Waals surface area contributed by atoms with E-state index < -0.39 is 0 Å². The summed E-state index contributed by atoms with van der Waals surface area (Å²) in [5, 5.41) is 8.14. The van der Waals surface area contributed by atoms with Crippen LogP contribution in [0.3, 0.4) is 0 Å². The number of benzene rings is 2. The van der Waals surface area contributed by atoms with Gasteiger partial charge in [-0.15, -0.1) is 11.3 Å². The monoisotopic (exact) mass is 368 g/mol. The number of hydrogen-bond donors (Lipinski definition) is 2. The van der Waals surface area contributed by atoms with Crippen LogP contribution < -0.4 is 10.6 Å². The maximum Gasteiger partial charge on any atom is 0.238 e. The number of aryl methyl sites for hydroxylation is 1. The summed E-state index contributed by atoms with van der Waals surface area (Å²) in [5.74, 6) is -0.488. The summed E-state index contributed by atoms with van der Waals surface area (Å²) in [6.45, 7) is 2.29. The first kappa shape index (κ1) is 18.3. The van der Waals surface area contributed by atoms with E-state index in [4.69, 9.17) is 0 Å². The van der Waals surface area contributed by atoms with Crippen LogP contribution in [-0.4, -0.2) is 12.5 Å². The number of amides is 1. The van der Waals surface area contributed by atoms with E-state index in [0.29, 0.717) is 5.69 Å². The number of halogens is 1. The molecule has 0 unspecified atom stereocenters. The third-order valence-electron chi connectivity index (χ3n) is 4.14. The van der Waals surface area contributed by atoms with Gasteiger partial charge in [0, 0.05) is 10.6 Å². The fraction of sp³-hybridized carbons (Fsp3) is 0.190. The van der Waals surface area contributed by atoms with Crippen LogP contribution in [0.25, 0.3) is 0 Å². The minimum Gasteiger partial charge on any atom is -0.325 e. The van der Waals surface area contributed by atoms with Crippen molar-refractivity contribution in [2.75, 3.05) is 11.9 Å². The highest BCUT2D eigenvalue weighted by molar-refractivity contribution is 7.10. The van der Waals surface area contributed by atoms with Gasteiger partial charge in [0.05, 0.1) is 12.6 Å². The Morgan fingerprint density at radius 1 is 1.08 bits per heavy atom. The maximum absolute atomic E-state index is 13.0. The predicted molar refractivity (Wildman–Crippen MR) is 105 cm³/mol. The lowest BCUT2D eigenvalue weighted by molar-refractivity contribution is -0.115. The lowest BCUT2D eigenvalue weighted by Gasteiger charge is -2.18. The van der Waals surface area contributed by atoms with Gasteiger partial charge < -0.3 is 5.32 Å². The van der Waals surface area contributed by atoms with Crippen LogP contribution in [0, 0.1) is 5.82 Å². The summed E-state index contributed by atoms with van der Waals surface area (Å²) in [6.07, 6.45) is 0.997. The number of carbonyl (C=O) groups is 1. The summed E-state index contributed by atoms with van der Waals surface area (Å²) in [6, 6.07) is 18.2. The summed E-state index contributed by atoms with van der Waals surface area (Å²) >= 11 is 1.66. The van der Waals surface area contributed by atoms with Crippen LogP contribution in [0.2, 0.25) is 0 Å². The molecule has 2 aromatic carbocycles. The first-order valence-corrected chi connectivity index (χ1v) is 9.44. The lowest BCUT2D eigenvalue weighted by atomic mass is 10.0. The van der Waals surface area contributed by atoms with E-state index in [-0.39, 0.29) is 24.3 Å². The van der Waals surface area contributed by atoms with Crippen LogP contribution in [0.1, 0.15) is 29.0 Å².